The van der Waals surface area contributed by atoms with Gasteiger partial charge in [-0.25, -0.2) is 0 Å². The quantitative estimate of drug-likeness (QED) is 0.373. The standard InChI is InChI=1S/C5H8BN/c6-5-2-1-3-7-4-5/h2,4H,1,3,6H2. The van der Waals surface area contributed by atoms with Crippen molar-refractivity contribution in [2.75, 3.05) is 6.54 Å². The molecular weight excluding hydrogens is 84.9 g/mol. The molecule has 0 saturated carbocycles. The summed E-state index contributed by atoms with van der Waals surface area (Å²) in [6.07, 6.45) is 5.25. The number of aliphatic imine (C=N–C) groups is 1. The van der Waals surface area contributed by atoms with Crippen molar-refractivity contribution < 1.29 is 0 Å². The molecule has 0 atom stereocenters. The zero-order chi connectivity index (χ0) is 5.11. The normalized spacial score (nSPS) is 19.1. The van der Waals surface area contributed by atoms with E-state index in [1.165, 1.54) is 5.47 Å². The van der Waals surface area contributed by atoms with Crippen molar-refractivity contribution in [2.24, 2.45) is 4.99 Å². The van der Waals surface area contributed by atoms with Crippen LogP contribution in [0.2, 0.25) is 0 Å². The number of hydrogen-bond donors (Lipinski definition) is 0. The second-order valence-electron chi connectivity index (χ2n) is 1.77. The largest absolute Gasteiger partial charge is 0.293 e. The number of allylic oxidation sites excluding steroid dienone is 1. The predicted octanol–water partition coefficient (Wildman–Crippen LogP) is -0.0221. The highest BCUT2D eigenvalue weighted by atomic mass is 14.7. The highest BCUT2D eigenvalue weighted by Crippen LogP contribution is 1.94. The minimum absolute atomic E-state index is 0.983. The summed E-state index contributed by atoms with van der Waals surface area (Å²) in [6, 6.07) is 0. The van der Waals surface area contributed by atoms with Crippen LogP contribution in [-0.4, -0.2) is 20.6 Å². The molecule has 0 amide bonds. The van der Waals surface area contributed by atoms with Gasteiger partial charge in [0.2, 0.25) is 0 Å². The maximum Gasteiger partial charge on any atom is 0.140 e. The number of dihydropyridines is 1. The molecule has 1 aliphatic heterocycles. The van der Waals surface area contributed by atoms with E-state index >= 15 is 0 Å². The first-order chi connectivity index (χ1) is 3.39. The van der Waals surface area contributed by atoms with Crippen LogP contribution in [0.4, 0.5) is 0 Å². The van der Waals surface area contributed by atoms with E-state index in [2.05, 4.69) is 18.9 Å². The van der Waals surface area contributed by atoms with Gasteiger partial charge in [0.25, 0.3) is 0 Å². The van der Waals surface area contributed by atoms with Gasteiger partial charge in [-0.15, -0.1) is 0 Å². The van der Waals surface area contributed by atoms with Crippen LogP contribution in [-0.2, 0) is 0 Å². The molecule has 0 aromatic rings. The van der Waals surface area contributed by atoms with E-state index in [0.29, 0.717) is 0 Å². The average molecular weight is 92.9 g/mol. The van der Waals surface area contributed by atoms with Crippen LogP contribution in [0.25, 0.3) is 0 Å². The van der Waals surface area contributed by atoms with Crippen molar-refractivity contribution in [3.05, 3.63) is 11.5 Å². The van der Waals surface area contributed by atoms with Crippen LogP contribution in [0.3, 0.4) is 0 Å². The molecular formula is C5H8BN. The van der Waals surface area contributed by atoms with E-state index in [0.717, 1.165) is 13.0 Å². The second-order valence-corrected chi connectivity index (χ2v) is 1.77. The molecule has 1 rings (SSSR count). The van der Waals surface area contributed by atoms with Crippen molar-refractivity contribution in [1.82, 2.24) is 0 Å². The zero-order valence-electron chi connectivity index (χ0n) is 4.52. The van der Waals surface area contributed by atoms with E-state index < -0.39 is 0 Å². The maximum atomic E-state index is 4.06. The van der Waals surface area contributed by atoms with Gasteiger partial charge in [-0.2, -0.15) is 0 Å². The molecule has 7 heavy (non-hydrogen) atoms. The monoisotopic (exact) mass is 93.1 g/mol. The first kappa shape index (κ1) is 4.63. The minimum Gasteiger partial charge on any atom is -0.293 e. The van der Waals surface area contributed by atoms with Gasteiger partial charge in [0.05, 0.1) is 0 Å². The van der Waals surface area contributed by atoms with E-state index in [1.807, 2.05) is 6.21 Å². The fourth-order valence-corrected chi connectivity index (χ4v) is 0.628. The zero-order valence-corrected chi connectivity index (χ0v) is 4.52. The second kappa shape index (κ2) is 1.96. The average Bonchev–Trinajstić information content (AvgIpc) is 1.69. The SMILES string of the molecule is BC1=CCCN=C1. The molecule has 0 fully saturated rings. The lowest BCUT2D eigenvalue weighted by Gasteiger charge is -1.96. The van der Waals surface area contributed by atoms with Gasteiger partial charge in [-0.05, 0) is 6.42 Å². The molecule has 1 heterocycles. The fourth-order valence-electron chi connectivity index (χ4n) is 0.628. The van der Waals surface area contributed by atoms with Gasteiger partial charge in [0.1, 0.15) is 7.85 Å². The highest BCUT2D eigenvalue weighted by molar-refractivity contribution is 6.32. The van der Waals surface area contributed by atoms with E-state index in [1.54, 1.807) is 0 Å². The first-order valence-electron chi connectivity index (χ1n) is 2.56. The third kappa shape index (κ3) is 1.18. The molecule has 0 N–H and O–H groups in total. The van der Waals surface area contributed by atoms with Crippen molar-refractivity contribution in [3.63, 3.8) is 0 Å². The Labute approximate surface area is 44.6 Å². The summed E-state index contributed by atoms with van der Waals surface area (Å²) >= 11 is 0. The van der Waals surface area contributed by atoms with Crippen LogP contribution >= 0.6 is 0 Å². The summed E-state index contributed by atoms with van der Waals surface area (Å²) in [5, 5.41) is 0. The Morgan fingerprint density at radius 3 is 2.86 bits per heavy atom. The summed E-state index contributed by atoms with van der Waals surface area (Å²) < 4.78 is 0. The fraction of sp³-hybridized carbons (Fsp3) is 0.400. The van der Waals surface area contributed by atoms with Crippen molar-refractivity contribution >= 4 is 14.1 Å². The maximum absolute atomic E-state index is 4.06. The van der Waals surface area contributed by atoms with Crippen molar-refractivity contribution in [1.29, 1.82) is 0 Å². The number of nitrogens with zero attached hydrogens (tertiary/aromatic N) is 1. The van der Waals surface area contributed by atoms with Gasteiger partial charge < -0.3 is 0 Å². The summed E-state index contributed by atoms with van der Waals surface area (Å²) in [6.45, 7) is 0.983. The Kier molecular flexibility index (Phi) is 1.30. The summed E-state index contributed by atoms with van der Waals surface area (Å²) in [5.74, 6) is 0. The molecule has 0 radical (unpaired) electrons. The summed E-state index contributed by atoms with van der Waals surface area (Å²) in [4.78, 5) is 4.06. The van der Waals surface area contributed by atoms with Crippen LogP contribution < -0.4 is 0 Å². The third-order valence-electron chi connectivity index (χ3n) is 1.02. The molecule has 2 heteroatoms. The predicted molar refractivity (Wildman–Crippen MR) is 34.6 cm³/mol. The van der Waals surface area contributed by atoms with Crippen LogP contribution in [0, 0.1) is 0 Å². The Morgan fingerprint density at radius 2 is 2.57 bits per heavy atom. The molecule has 0 bridgehead atoms. The smallest absolute Gasteiger partial charge is 0.140 e. The van der Waals surface area contributed by atoms with Crippen molar-refractivity contribution in [2.45, 2.75) is 6.42 Å². The molecule has 0 unspecified atom stereocenters. The molecule has 0 spiro atoms. The van der Waals surface area contributed by atoms with Crippen LogP contribution in [0.15, 0.2) is 16.5 Å². The van der Waals surface area contributed by atoms with Gasteiger partial charge in [-0.3, -0.25) is 4.99 Å². The van der Waals surface area contributed by atoms with E-state index in [-0.39, 0.29) is 0 Å². The van der Waals surface area contributed by atoms with E-state index in [4.69, 9.17) is 0 Å². The van der Waals surface area contributed by atoms with E-state index in [9.17, 15) is 0 Å². The third-order valence-corrected chi connectivity index (χ3v) is 1.02. The Hall–Kier alpha value is -0.525. The Bertz CT molecular complexity index is 115. The molecule has 1 aliphatic rings. The Balaban J connectivity index is 2.58. The number of rotatable bonds is 0. The lowest BCUT2D eigenvalue weighted by Crippen LogP contribution is -1.92. The lowest BCUT2D eigenvalue weighted by atomic mass is 9.95. The van der Waals surface area contributed by atoms with Gasteiger partial charge in [0, 0.05) is 12.8 Å². The van der Waals surface area contributed by atoms with Gasteiger partial charge in [-0.1, -0.05) is 11.5 Å². The Morgan fingerprint density at radius 1 is 1.71 bits per heavy atom. The first-order valence-corrected chi connectivity index (χ1v) is 2.56. The summed E-state index contributed by atoms with van der Waals surface area (Å²) in [7, 11) is 2.07. The number of hydrogen-bond acceptors (Lipinski definition) is 1. The minimum atomic E-state index is 0.983. The summed E-state index contributed by atoms with van der Waals surface area (Å²) in [5.41, 5.74) is 1.30. The van der Waals surface area contributed by atoms with Gasteiger partial charge >= 0.3 is 0 Å². The van der Waals surface area contributed by atoms with Crippen LogP contribution in [0.5, 0.6) is 0 Å². The topological polar surface area (TPSA) is 12.4 Å². The van der Waals surface area contributed by atoms with Crippen molar-refractivity contribution in [3.8, 4) is 0 Å². The lowest BCUT2D eigenvalue weighted by molar-refractivity contribution is 0.999. The molecule has 0 aliphatic carbocycles. The molecule has 0 aromatic heterocycles. The highest BCUT2D eigenvalue weighted by Gasteiger charge is 1.87. The van der Waals surface area contributed by atoms with Crippen LogP contribution in [0.1, 0.15) is 6.42 Å². The molecule has 0 saturated heterocycles. The van der Waals surface area contributed by atoms with Gasteiger partial charge in [0.15, 0.2) is 0 Å². The molecule has 1 nitrogen and oxygen atoms in total. The molecule has 0 aromatic carbocycles. The molecule has 36 valence electrons.